The van der Waals surface area contributed by atoms with Gasteiger partial charge in [0.2, 0.25) is 0 Å². The molecule has 0 saturated heterocycles. The maximum absolute atomic E-state index is 11.1. The summed E-state index contributed by atoms with van der Waals surface area (Å²) in [5.41, 5.74) is 0. The summed E-state index contributed by atoms with van der Waals surface area (Å²) >= 11 is 0. The molecule has 0 spiro atoms. The number of aliphatic hydroxyl groups is 1. The van der Waals surface area contributed by atoms with Crippen LogP contribution >= 0.6 is 0 Å². The molecule has 0 aliphatic rings. The highest BCUT2D eigenvalue weighted by Gasteiger charge is 2.20. The van der Waals surface area contributed by atoms with Gasteiger partial charge in [0.1, 0.15) is 6.04 Å². The predicted octanol–water partition coefficient (Wildman–Crippen LogP) is -0.635. The van der Waals surface area contributed by atoms with Crippen LogP contribution in [0.15, 0.2) is 0 Å². The molecule has 0 saturated carbocycles. The molecule has 0 aliphatic heterocycles. The summed E-state index contributed by atoms with van der Waals surface area (Å²) in [6.07, 6.45) is 0.475. The fraction of sp³-hybridized carbons (Fsp3) is 0.778. The van der Waals surface area contributed by atoms with E-state index in [4.69, 9.17) is 14.9 Å². The van der Waals surface area contributed by atoms with Gasteiger partial charge in [-0.3, -0.25) is 9.59 Å². The van der Waals surface area contributed by atoms with E-state index in [-0.39, 0.29) is 19.6 Å². The topological polar surface area (TPSA) is 95.9 Å². The van der Waals surface area contributed by atoms with Crippen molar-refractivity contribution in [2.45, 2.75) is 25.8 Å². The third-order valence-corrected chi connectivity index (χ3v) is 1.64. The summed E-state index contributed by atoms with van der Waals surface area (Å²) in [6, 6.07) is -0.999. The van der Waals surface area contributed by atoms with Gasteiger partial charge >= 0.3 is 11.9 Å². The number of hydrogen-bond donors (Lipinski definition) is 3. The van der Waals surface area contributed by atoms with E-state index in [0.29, 0.717) is 13.0 Å². The number of carbonyl (C=O) groups excluding carboxylic acids is 1. The standard InChI is InChI=1S/C9H17NO5/c1-2-5-15-8(12)6-7(9(13)14)10-3-4-11/h7,10-11H,2-6H2,1H3,(H,13,14). The normalized spacial score (nSPS) is 12.1. The van der Waals surface area contributed by atoms with Crippen molar-refractivity contribution in [2.75, 3.05) is 19.8 Å². The van der Waals surface area contributed by atoms with Crippen LogP contribution in [-0.4, -0.2) is 48.0 Å². The van der Waals surface area contributed by atoms with Crippen molar-refractivity contribution in [1.82, 2.24) is 5.32 Å². The second-order valence-corrected chi connectivity index (χ2v) is 2.99. The number of nitrogens with one attached hydrogen (secondary N) is 1. The van der Waals surface area contributed by atoms with Crippen molar-refractivity contribution in [2.24, 2.45) is 0 Å². The molecule has 0 fully saturated rings. The Morgan fingerprint density at radius 3 is 2.60 bits per heavy atom. The lowest BCUT2D eigenvalue weighted by Crippen LogP contribution is -2.40. The number of carboxylic acids is 1. The maximum atomic E-state index is 11.1. The second kappa shape index (κ2) is 8.19. The monoisotopic (exact) mass is 219 g/mol. The zero-order chi connectivity index (χ0) is 11.7. The number of aliphatic carboxylic acids is 1. The Bertz CT molecular complexity index is 207. The van der Waals surface area contributed by atoms with Gasteiger partial charge in [0.15, 0.2) is 0 Å². The average Bonchev–Trinajstić information content (AvgIpc) is 2.20. The van der Waals surface area contributed by atoms with Crippen LogP contribution in [0.5, 0.6) is 0 Å². The first kappa shape index (κ1) is 13.9. The number of aliphatic hydroxyl groups excluding tert-OH is 1. The van der Waals surface area contributed by atoms with Gasteiger partial charge in [0, 0.05) is 6.54 Å². The molecule has 1 unspecified atom stereocenters. The zero-order valence-electron chi connectivity index (χ0n) is 8.73. The highest BCUT2D eigenvalue weighted by molar-refractivity contribution is 5.81. The van der Waals surface area contributed by atoms with Gasteiger partial charge in [-0.2, -0.15) is 0 Å². The summed E-state index contributed by atoms with van der Waals surface area (Å²) in [5, 5.41) is 19.7. The third kappa shape index (κ3) is 6.87. The molecule has 6 nitrogen and oxygen atoms in total. The predicted molar refractivity (Wildman–Crippen MR) is 52.4 cm³/mol. The SMILES string of the molecule is CCCOC(=O)CC(NCCO)C(=O)O. The van der Waals surface area contributed by atoms with E-state index >= 15 is 0 Å². The van der Waals surface area contributed by atoms with Gasteiger partial charge in [-0.15, -0.1) is 0 Å². The average molecular weight is 219 g/mol. The number of carboxylic acid groups (broad SMARTS) is 1. The molecular weight excluding hydrogens is 202 g/mol. The number of rotatable bonds is 8. The molecule has 3 N–H and O–H groups in total. The second-order valence-electron chi connectivity index (χ2n) is 2.99. The van der Waals surface area contributed by atoms with E-state index in [9.17, 15) is 9.59 Å². The van der Waals surface area contributed by atoms with Gasteiger partial charge in [-0.1, -0.05) is 6.92 Å². The van der Waals surface area contributed by atoms with Crippen LogP contribution in [0.4, 0.5) is 0 Å². The molecule has 0 rings (SSSR count). The Balaban J connectivity index is 3.93. The quantitative estimate of drug-likeness (QED) is 0.470. The molecule has 0 aromatic rings. The number of esters is 1. The molecular formula is C9H17NO5. The Kier molecular flexibility index (Phi) is 7.57. The van der Waals surface area contributed by atoms with Crippen LogP contribution < -0.4 is 5.32 Å². The van der Waals surface area contributed by atoms with Crippen LogP contribution in [0.3, 0.4) is 0 Å². The Morgan fingerprint density at radius 2 is 2.13 bits per heavy atom. The van der Waals surface area contributed by atoms with Crippen molar-refractivity contribution < 1.29 is 24.5 Å². The lowest BCUT2D eigenvalue weighted by Gasteiger charge is -2.12. The minimum Gasteiger partial charge on any atom is -0.480 e. The summed E-state index contributed by atoms with van der Waals surface area (Å²) in [5.74, 6) is -1.67. The smallest absolute Gasteiger partial charge is 0.321 e. The maximum Gasteiger partial charge on any atom is 0.321 e. The summed E-state index contributed by atoms with van der Waals surface area (Å²) < 4.78 is 4.75. The van der Waals surface area contributed by atoms with Crippen LogP contribution in [-0.2, 0) is 14.3 Å². The number of carbonyl (C=O) groups is 2. The first-order valence-electron chi connectivity index (χ1n) is 4.84. The van der Waals surface area contributed by atoms with Gasteiger partial charge in [0.25, 0.3) is 0 Å². The van der Waals surface area contributed by atoms with Gasteiger partial charge in [-0.05, 0) is 6.42 Å². The molecule has 0 bridgehead atoms. The van der Waals surface area contributed by atoms with E-state index in [2.05, 4.69) is 5.32 Å². The van der Waals surface area contributed by atoms with E-state index in [1.54, 1.807) is 0 Å². The molecule has 0 aromatic carbocycles. The van der Waals surface area contributed by atoms with Crippen LogP contribution in [0, 0.1) is 0 Å². The lowest BCUT2D eigenvalue weighted by atomic mass is 10.2. The van der Waals surface area contributed by atoms with E-state index in [1.165, 1.54) is 0 Å². The van der Waals surface area contributed by atoms with Crippen molar-refractivity contribution in [3.63, 3.8) is 0 Å². The third-order valence-electron chi connectivity index (χ3n) is 1.64. The molecule has 15 heavy (non-hydrogen) atoms. The fourth-order valence-corrected chi connectivity index (χ4v) is 0.927. The van der Waals surface area contributed by atoms with E-state index < -0.39 is 18.0 Å². The number of hydrogen-bond acceptors (Lipinski definition) is 5. The summed E-state index contributed by atoms with van der Waals surface area (Å²) in [4.78, 5) is 21.8. The molecule has 0 radical (unpaired) electrons. The van der Waals surface area contributed by atoms with Gasteiger partial charge in [-0.25, -0.2) is 0 Å². The summed E-state index contributed by atoms with van der Waals surface area (Å²) in [7, 11) is 0. The van der Waals surface area contributed by atoms with Crippen molar-refractivity contribution in [1.29, 1.82) is 0 Å². The lowest BCUT2D eigenvalue weighted by molar-refractivity contribution is -0.149. The Morgan fingerprint density at radius 1 is 1.47 bits per heavy atom. The first-order chi connectivity index (χ1) is 7.11. The van der Waals surface area contributed by atoms with E-state index in [0.717, 1.165) is 0 Å². The van der Waals surface area contributed by atoms with Crippen molar-refractivity contribution >= 4 is 11.9 Å². The summed E-state index contributed by atoms with van der Waals surface area (Å²) in [6.45, 7) is 2.11. The zero-order valence-corrected chi connectivity index (χ0v) is 8.73. The number of ether oxygens (including phenoxy) is 1. The molecule has 0 heterocycles. The van der Waals surface area contributed by atoms with Crippen LogP contribution in [0.2, 0.25) is 0 Å². The van der Waals surface area contributed by atoms with Crippen molar-refractivity contribution in [3.8, 4) is 0 Å². The highest BCUT2D eigenvalue weighted by Crippen LogP contribution is 1.96. The Labute approximate surface area is 88.2 Å². The molecule has 6 heteroatoms. The molecule has 0 aromatic heterocycles. The van der Waals surface area contributed by atoms with Gasteiger partial charge in [0.05, 0.1) is 19.6 Å². The van der Waals surface area contributed by atoms with Crippen LogP contribution in [0.1, 0.15) is 19.8 Å². The van der Waals surface area contributed by atoms with Gasteiger partial charge < -0.3 is 20.3 Å². The molecule has 88 valence electrons. The first-order valence-corrected chi connectivity index (χ1v) is 4.84. The largest absolute Gasteiger partial charge is 0.480 e. The Hall–Kier alpha value is -1.14. The fourth-order valence-electron chi connectivity index (χ4n) is 0.927. The molecule has 0 amide bonds. The molecule has 1 atom stereocenters. The highest BCUT2D eigenvalue weighted by atomic mass is 16.5. The van der Waals surface area contributed by atoms with E-state index in [1.807, 2.05) is 6.92 Å². The minimum atomic E-state index is -1.13. The van der Waals surface area contributed by atoms with Crippen LogP contribution in [0.25, 0.3) is 0 Å². The van der Waals surface area contributed by atoms with Crippen molar-refractivity contribution in [3.05, 3.63) is 0 Å². The molecule has 0 aliphatic carbocycles. The minimum absolute atomic E-state index is 0.137.